The summed E-state index contributed by atoms with van der Waals surface area (Å²) < 4.78 is 5.29. The molecule has 3 N–H and O–H groups in total. The first-order valence-corrected chi connectivity index (χ1v) is 5.83. The fourth-order valence-electron chi connectivity index (χ4n) is 1.71. The molecule has 1 aromatic carbocycles. The Kier molecular flexibility index (Phi) is 5.85. The van der Waals surface area contributed by atoms with Gasteiger partial charge in [-0.05, 0) is 31.0 Å². The number of nitrogens with one attached hydrogen (secondary N) is 1. The molecule has 0 amide bonds. The molecule has 0 spiro atoms. The van der Waals surface area contributed by atoms with Gasteiger partial charge in [-0.3, -0.25) is 11.3 Å². The van der Waals surface area contributed by atoms with E-state index in [1.54, 1.807) is 13.2 Å². The van der Waals surface area contributed by atoms with Crippen LogP contribution in [0.25, 0.3) is 0 Å². The maximum atomic E-state index is 5.98. The molecule has 0 heterocycles. The van der Waals surface area contributed by atoms with Gasteiger partial charge in [0, 0.05) is 23.0 Å². The monoisotopic (exact) mass is 252 g/mol. The second kappa shape index (κ2) is 7.18. The first kappa shape index (κ1) is 13.9. The third-order valence-electron chi connectivity index (χ3n) is 2.58. The number of halogens is 1. The minimum atomic E-state index is -0.00278. The van der Waals surface area contributed by atoms with Gasteiger partial charge >= 0.3 is 0 Å². The lowest BCUT2D eigenvalue weighted by atomic mass is 10.0. The molecule has 92 valence electrons. The SMILES string of the molecule is C#CCCCC(NN)c1cc(Cl)ccc1OC. The van der Waals surface area contributed by atoms with Crippen LogP contribution < -0.4 is 16.0 Å². The van der Waals surface area contributed by atoms with Crippen LogP contribution in [0.15, 0.2) is 18.2 Å². The van der Waals surface area contributed by atoms with Crippen LogP contribution in [0.1, 0.15) is 30.9 Å². The summed E-state index contributed by atoms with van der Waals surface area (Å²) in [6.45, 7) is 0. The molecule has 1 unspecified atom stereocenters. The number of methoxy groups -OCH3 is 1. The molecule has 1 aromatic rings. The van der Waals surface area contributed by atoms with E-state index in [2.05, 4.69) is 11.3 Å². The van der Waals surface area contributed by atoms with E-state index in [1.165, 1.54) is 0 Å². The number of rotatable bonds is 6. The molecule has 0 fully saturated rings. The van der Waals surface area contributed by atoms with Gasteiger partial charge in [0.2, 0.25) is 0 Å². The van der Waals surface area contributed by atoms with Gasteiger partial charge in [-0.25, -0.2) is 0 Å². The Morgan fingerprint density at radius 1 is 1.59 bits per heavy atom. The predicted molar refractivity (Wildman–Crippen MR) is 70.8 cm³/mol. The minimum Gasteiger partial charge on any atom is -0.496 e. The normalized spacial score (nSPS) is 11.9. The van der Waals surface area contributed by atoms with E-state index < -0.39 is 0 Å². The first-order chi connectivity index (χ1) is 8.22. The molecule has 17 heavy (non-hydrogen) atoms. The van der Waals surface area contributed by atoms with Crippen molar-refractivity contribution in [3.05, 3.63) is 28.8 Å². The van der Waals surface area contributed by atoms with E-state index >= 15 is 0 Å². The second-order valence-corrected chi connectivity index (χ2v) is 4.14. The van der Waals surface area contributed by atoms with Crippen molar-refractivity contribution >= 4 is 11.6 Å². The molecule has 0 aliphatic heterocycles. The lowest BCUT2D eigenvalue weighted by Gasteiger charge is -2.19. The fourth-order valence-corrected chi connectivity index (χ4v) is 1.89. The molecule has 1 atom stereocenters. The maximum Gasteiger partial charge on any atom is 0.123 e. The summed E-state index contributed by atoms with van der Waals surface area (Å²) >= 11 is 5.98. The van der Waals surface area contributed by atoms with E-state index in [4.69, 9.17) is 28.6 Å². The zero-order valence-electron chi connectivity index (χ0n) is 9.87. The number of hydrazine groups is 1. The molecular formula is C13H17ClN2O. The number of benzene rings is 1. The number of terminal acetylenes is 1. The Bertz CT molecular complexity index is 401. The summed E-state index contributed by atoms with van der Waals surface area (Å²) in [4.78, 5) is 0. The maximum absolute atomic E-state index is 5.98. The van der Waals surface area contributed by atoms with Gasteiger partial charge in [-0.1, -0.05) is 11.6 Å². The Hall–Kier alpha value is -1.21. The number of nitrogens with two attached hydrogens (primary N) is 1. The third kappa shape index (κ3) is 3.94. The van der Waals surface area contributed by atoms with Gasteiger partial charge in [-0.2, -0.15) is 0 Å². The first-order valence-electron chi connectivity index (χ1n) is 5.46. The van der Waals surface area contributed by atoms with Crippen LogP contribution in [0, 0.1) is 12.3 Å². The van der Waals surface area contributed by atoms with Crippen molar-refractivity contribution in [2.45, 2.75) is 25.3 Å². The van der Waals surface area contributed by atoms with Crippen molar-refractivity contribution in [2.75, 3.05) is 7.11 Å². The summed E-state index contributed by atoms with van der Waals surface area (Å²) in [6, 6.07) is 5.49. The molecule has 0 aliphatic carbocycles. The van der Waals surface area contributed by atoms with Crippen molar-refractivity contribution in [2.24, 2.45) is 5.84 Å². The van der Waals surface area contributed by atoms with E-state index in [9.17, 15) is 0 Å². The molecule has 0 saturated heterocycles. The van der Waals surface area contributed by atoms with E-state index in [0.717, 1.165) is 30.6 Å². The topological polar surface area (TPSA) is 47.3 Å². The van der Waals surface area contributed by atoms with E-state index in [-0.39, 0.29) is 6.04 Å². The summed E-state index contributed by atoms with van der Waals surface area (Å²) in [5.74, 6) is 8.95. The molecule has 0 radical (unpaired) electrons. The van der Waals surface area contributed by atoms with Gasteiger partial charge in [0.25, 0.3) is 0 Å². The Morgan fingerprint density at radius 2 is 2.35 bits per heavy atom. The van der Waals surface area contributed by atoms with Gasteiger partial charge in [0.05, 0.1) is 7.11 Å². The van der Waals surface area contributed by atoms with Crippen molar-refractivity contribution in [3.8, 4) is 18.1 Å². The van der Waals surface area contributed by atoms with Gasteiger partial charge in [0.15, 0.2) is 0 Å². The summed E-state index contributed by atoms with van der Waals surface area (Å²) in [7, 11) is 1.63. The Labute approximate surface area is 107 Å². The summed E-state index contributed by atoms with van der Waals surface area (Å²) in [5.41, 5.74) is 3.73. The highest BCUT2D eigenvalue weighted by molar-refractivity contribution is 6.30. The smallest absolute Gasteiger partial charge is 0.123 e. The van der Waals surface area contributed by atoms with Crippen molar-refractivity contribution in [1.82, 2.24) is 5.43 Å². The average molecular weight is 253 g/mol. The van der Waals surface area contributed by atoms with E-state index in [1.807, 2.05) is 12.1 Å². The van der Waals surface area contributed by atoms with Gasteiger partial charge in [0.1, 0.15) is 5.75 Å². The largest absolute Gasteiger partial charge is 0.496 e. The second-order valence-electron chi connectivity index (χ2n) is 3.70. The third-order valence-corrected chi connectivity index (χ3v) is 2.82. The predicted octanol–water partition coefficient (Wildman–Crippen LogP) is 2.66. The Balaban J connectivity index is 2.86. The average Bonchev–Trinajstić information content (AvgIpc) is 2.35. The van der Waals surface area contributed by atoms with Crippen molar-refractivity contribution < 1.29 is 4.74 Å². The van der Waals surface area contributed by atoms with Gasteiger partial charge < -0.3 is 4.74 Å². The lowest BCUT2D eigenvalue weighted by Crippen LogP contribution is -2.28. The zero-order chi connectivity index (χ0) is 12.7. The molecule has 0 bridgehead atoms. The van der Waals surface area contributed by atoms with Crippen LogP contribution >= 0.6 is 11.6 Å². The number of hydrogen-bond acceptors (Lipinski definition) is 3. The lowest BCUT2D eigenvalue weighted by molar-refractivity contribution is 0.394. The van der Waals surface area contributed by atoms with Crippen LogP contribution in [0.5, 0.6) is 5.75 Å². The minimum absolute atomic E-state index is 0.00278. The highest BCUT2D eigenvalue weighted by atomic mass is 35.5. The molecular weight excluding hydrogens is 236 g/mol. The van der Waals surface area contributed by atoms with Crippen molar-refractivity contribution in [3.63, 3.8) is 0 Å². The molecule has 4 heteroatoms. The standard InChI is InChI=1S/C13H17ClN2O/c1-3-4-5-6-12(16-15)11-9-10(14)7-8-13(11)17-2/h1,7-9,12,16H,4-6,15H2,2H3. The molecule has 0 saturated carbocycles. The molecule has 0 aliphatic rings. The number of unbranched alkanes of at least 4 members (excludes halogenated alkanes) is 1. The van der Waals surface area contributed by atoms with Crippen LogP contribution in [-0.2, 0) is 0 Å². The van der Waals surface area contributed by atoms with Crippen LogP contribution in [0.2, 0.25) is 5.02 Å². The highest BCUT2D eigenvalue weighted by Crippen LogP contribution is 2.30. The Morgan fingerprint density at radius 3 is 2.94 bits per heavy atom. The van der Waals surface area contributed by atoms with Crippen LogP contribution in [-0.4, -0.2) is 7.11 Å². The van der Waals surface area contributed by atoms with Crippen LogP contribution in [0.3, 0.4) is 0 Å². The number of ether oxygens (including phenoxy) is 1. The zero-order valence-corrected chi connectivity index (χ0v) is 10.6. The summed E-state index contributed by atoms with van der Waals surface area (Å²) in [5, 5.41) is 0.665. The summed E-state index contributed by atoms with van der Waals surface area (Å²) in [6.07, 6.45) is 7.71. The van der Waals surface area contributed by atoms with Crippen LogP contribution in [0.4, 0.5) is 0 Å². The quantitative estimate of drug-likeness (QED) is 0.354. The molecule has 1 rings (SSSR count). The molecule has 3 nitrogen and oxygen atoms in total. The molecule has 0 aromatic heterocycles. The van der Waals surface area contributed by atoms with E-state index in [0.29, 0.717) is 5.02 Å². The van der Waals surface area contributed by atoms with Crippen molar-refractivity contribution in [1.29, 1.82) is 0 Å². The van der Waals surface area contributed by atoms with Gasteiger partial charge in [-0.15, -0.1) is 12.3 Å². The number of hydrogen-bond donors (Lipinski definition) is 2. The fraction of sp³-hybridized carbons (Fsp3) is 0.385. The highest BCUT2D eigenvalue weighted by Gasteiger charge is 2.14.